The lowest BCUT2D eigenvalue weighted by Crippen LogP contribution is -2.53. The van der Waals surface area contributed by atoms with Gasteiger partial charge in [0, 0.05) is 24.2 Å². The van der Waals surface area contributed by atoms with Crippen LogP contribution in [0, 0.1) is 5.82 Å². The summed E-state index contributed by atoms with van der Waals surface area (Å²) in [6.45, 7) is 1.20. The number of carbonyl (C=O) groups is 2. The number of hydrogen-bond acceptors (Lipinski definition) is 6. The summed E-state index contributed by atoms with van der Waals surface area (Å²) in [5.41, 5.74) is 6.17. The van der Waals surface area contributed by atoms with Crippen LogP contribution in [-0.4, -0.2) is 53.2 Å². The van der Waals surface area contributed by atoms with Gasteiger partial charge in [-0.25, -0.2) is 23.1 Å². The van der Waals surface area contributed by atoms with Crippen LogP contribution in [0.25, 0.3) is 11.1 Å². The fraction of sp³-hybridized carbons (Fsp3) is 0.240. The summed E-state index contributed by atoms with van der Waals surface area (Å²) in [7, 11) is 5.40. The lowest BCUT2D eigenvalue weighted by atomic mass is 9.96. The first-order chi connectivity index (χ1) is 17.6. The summed E-state index contributed by atoms with van der Waals surface area (Å²) in [6, 6.07) is 9.09. The molecule has 3 aromatic rings. The number of aromatic nitrogens is 1. The second kappa shape index (κ2) is 11.0. The van der Waals surface area contributed by atoms with E-state index in [0.29, 0.717) is 18.9 Å². The fourth-order valence-electron chi connectivity index (χ4n) is 3.59. The number of carbonyl (C=O) groups excluding carboxylic acids is 2. The minimum absolute atomic E-state index is 0.0464. The molecule has 0 saturated carbocycles. The second-order valence-corrected chi connectivity index (χ2v) is 8.83. The summed E-state index contributed by atoms with van der Waals surface area (Å²) in [5.74, 6) is -11.4. The van der Waals surface area contributed by atoms with Crippen molar-refractivity contribution < 1.29 is 37.7 Å². The van der Waals surface area contributed by atoms with Crippen molar-refractivity contribution >= 4 is 37.1 Å². The van der Waals surface area contributed by atoms with E-state index in [1.807, 2.05) is 6.92 Å². The molecular formula is C25H22BClF3N3O5. The Kier molecular flexibility index (Phi) is 8.40. The number of pyridine rings is 1. The minimum atomic E-state index is -3.50. The van der Waals surface area contributed by atoms with Crippen LogP contribution in [0.4, 0.5) is 19.0 Å². The van der Waals surface area contributed by atoms with Gasteiger partial charge in [-0.3, -0.25) is 9.59 Å². The number of alkyl halides is 2. The third-order valence-corrected chi connectivity index (χ3v) is 5.64. The molecule has 0 spiro atoms. The van der Waals surface area contributed by atoms with E-state index in [4.69, 9.17) is 29.9 Å². The van der Waals surface area contributed by atoms with E-state index in [9.17, 15) is 33.0 Å². The van der Waals surface area contributed by atoms with Gasteiger partial charge in [0.2, 0.25) is 5.91 Å². The number of hydrogen-bond donors (Lipinski definition) is 3. The Balaban J connectivity index is 2.25. The molecule has 2 radical (unpaired) electrons. The second-order valence-electron chi connectivity index (χ2n) is 8.42. The lowest BCUT2D eigenvalue weighted by molar-refractivity contribution is -0.0809. The first-order valence-corrected chi connectivity index (χ1v) is 11.5. The van der Waals surface area contributed by atoms with Crippen molar-refractivity contribution in [2.24, 2.45) is 5.73 Å². The smallest absolute Gasteiger partial charge is 0.278 e. The van der Waals surface area contributed by atoms with Crippen molar-refractivity contribution in [3.05, 3.63) is 76.2 Å². The van der Waals surface area contributed by atoms with Crippen LogP contribution in [0.5, 0.6) is 5.75 Å². The van der Waals surface area contributed by atoms with E-state index < -0.39 is 53.1 Å². The molecule has 1 aromatic heterocycles. The van der Waals surface area contributed by atoms with Crippen LogP contribution in [0.15, 0.2) is 48.7 Å². The Hall–Kier alpha value is -3.61. The maximum Gasteiger partial charge on any atom is 0.278 e. The van der Waals surface area contributed by atoms with Gasteiger partial charge in [-0.15, -0.1) is 0 Å². The Labute approximate surface area is 222 Å². The molecule has 2 aromatic carbocycles. The first-order valence-electron chi connectivity index (χ1n) is 11.1. The van der Waals surface area contributed by atoms with Crippen LogP contribution < -0.4 is 15.4 Å². The molecule has 4 N–H and O–H groups in total. The Morgan fingerprint density at radius 2 is 1.89 bits per heavy atom. The molecule has 0 unspecified atom stereocenters. The number of halogens is 4. The number of benzene rings is 2. The maximum atomic E-state index is 14.5. The van der Waals surface area contributed by atoms with Gasteiger partial charge in [0.1, 0.15) is 5.82 Å². The number of anilines is 1. The predicted molar refractivity (Wildman–Crippen MR) is 135 cm³/mol. The zero-order valence-electron chi connectivity index (χ0n) is 20.2. The minimum Gasteiger partial charge on any atom is -0.483 e. The summed E-state index contributed by atoms with van der Waals surface area (Å²) < 4.78 is 47.2. The summed E-state index contributed by atoms with van der Waals surface area (Å²) >= 11 is 5.97. The van der Waals surface area contributed by atoms with Gasteiger partial charge in [0.05, 0.1) is 10.6 Å². The lowest BCUT2D eigenvalue weighted by Gasteiger charge is -2.33. The van der Waals surface area contributed by atoms with Gasteiger partial charge in [-0.05, 0) is 47.9 Å². The Morgan fingerprint density at radius 1 is 1.21 bits per heavy atom. The van der Waals surface area contributed by atoms with E-state index >= 15 is 0 Å². The largest absolute Gasteiger partial charge is 0.483 e. The standard InChI is InChI=1S/C25H22BClF3N3O5/c1-3-13-7-8-14(21(31)34)9-16(13)15-10-19(38-12-24(2,29)30)22(32-11-15)33(25(26,36)37)23(35)20-17(27)5-4-6-18(20)28/h4-11,36-37H,3,12H2,1-2H3,(H2,31,34). The van der Waals surface area contributed by atoms with E-state index in [0.717, 1.165) is 17.8 Å². The molecule has 0 fully saturated rings. The highest BCUT2D eigenvalue weighted by Gasteiger charge is 2.38. The maximum absolute atomic E-state index is 14.5. The molecule has 0 atom stereocenters. The average Bonchev–Trinajstić information content (AvgIpc) is 2.81. The molecule has 13 heteroatoms. The van der Waals surface area contributed by atoms with Crippen LogP contribution in [0.1, 0.15) is 40.1 Å². The van der Waals surface area contributed by atoms with Gasteiger partial charge >= 0.3 is 0 Å². The van der Waals surface area contributed by atoms with Crippen LogP contribution in [-0.2, 0) is 6.42 Å². The SMILES string of the molecule is [B]C(O)(O)N(C(=O)c1c(F)cccc1Cl)c1ncc(-c2cc(C(N)=O)ccc2CC)cc1OCC(C)(F)F. The quantitative estimate of drug-likeness (QED) is 0.277. The fourth-order valence-corrected chi connectivity index (χ4v) is 3.83. The van der Waals surface area contributed by atoms with E-state index in [1.165, 1.54) is 30.3 Å². The molecule has 0 aliphatic carbocycles. The molecule has 2 amide bonds. The normalized spacial score (nSPS) is 11.8. The predicted octanol–water partition coefficient (Wildman–Crippen LogP) is 3.65. The van der Waals surface area contributed by atoms with Crippen molar-refractivity contribution in [3.63, 3.8) is 0 Å². The zero-order chi connectivity index (χ0) is 28.4. The molecule has 0 aliphatic rings. The number of aliphatic hydroxyl groups is 2. The topological polar surface area (TPSA) is 126 Å². The van der Waals surface area contributed by atoms with Gasteiger partial charge < -0.3 is 20.7 Å². The summed E-state index contributed by atoms with van der Waals surface area (Å²) in [6.07, 6.45) is 1.65. The molecule has 0 aliphatic heterocycles. The average molecular weight is 548 g/mol. The van der Waals surface area contributed by atoms with Gasteiger partial charge in [-0.2, -0.15) is 0 Å². The number of ether oxygens (including phenoxy) is 1. The van der Waals surface area contributed by atoms with Gasteiger partial charge in [-0.1, -0.05) is 30.7 Å². The number of aryl methyl sites for hydroxylation is 1. The molecule has 8 nitrogen and oxygen atoms in total. The Bertz CT molecular complexity index is 1360. The van der Waals surface area contributed by atoms with Crippen molar-refractivity contribution in [1.29, 1.82) is 0 Å². The number of amides is 2. The number of nitrogens with two attached hydrogens (primary N) is 1. The number of nitrogens with zero attached hydrogens (tertiary/aromatic N) is 2. The highest BCUT2D eigenvalue weighted by atomic mass is 35.5. The summed E-state index contributed by atoms with van der Waals surface area (Å²) in [4.78, 5) is 29.1. The van der Waals surface area contributed by atoms with E-state index in [-0.39, 0.29) is 21.0 Å². The molecule has 0 bridgehead atoms. The first kappa shape index (κ1) is 29.0. The molecule has 1 heterocycles. The molecular weight excluding hydrogens is 526 g/mol. The molecule has 198 valence electrons. The zero-order valence-corrected chi connectivity index (χ0v) is 21.0. The third kappa shape index (κ3) is 6.44. The number of primary amides is 1. The van der Waals surface area contributed by atoms with Crippen molar-refractivity contribution in [1.82, 2.24) is 4.98 Å². The van der Waals surface area contributed by atoms with Crippen LogP contribution in [0.2, 0.25) is 5.02 Å². The summed E-state index contributed by atoms with van der Waals surface area (Å²) in [5, 5.41) is 20.1. The van der Waals surface area contributed by atoms with Gasteiger partial charge in [0.25, 0.3) is 11.8 Å². The molecule has 38 heavy (non-hydrogen) atoms. The van der Waals surface area contributed by atoms with E-state index in [2.05, 4.69) is 4.98 Å². The van der Waals surface area contributed by atoms with Crippen molar-refractivity contribution in [2.45, 2.75) is 32.0 Å². The number of rotatable bonds is 9. The molecule has 0 saturated heterocycles. The van der Waals surface area contributed by atoms with Crippen molar-refractivity contribution in [2.75, 3.05) is 11.5 Å². The highest BCUT2D eigenvalue weighted by molar-refractivity contribution is 6.35. The molecule has 3 rings (SSSR count). The van der Waals surface area contributed by atoms with Crippen molar-refractivity contribution in [3.8, 4) is 16.9 Å². The Morgan fingerprint density at radius 3 is 2.45 bits per heavy atom. The van der Waals surface area contributed by atoms with E-state index in [1.54, 1.807) is 6.07 Å². The van der Waals surface area contributed by atoms with Crippen LogP contribution >= 0.6 is 11.6 Å². The van der Waals surface area contributed by atoms with Gasteiger partial charge in [0.15, 0.2) is 31.8 Å². The third-order valence-electron chi connectivity index (χ3n) is 5.32. The monoisotopic (exact) mass is 547 g/mol. The highest BCUT2D eigenvalue weighted by Crippen LogP contribution is 2.37. The van der Waals surface area contributed by atoms with Crippen LogP contribution in [0.3, 0.4) is 0 Å².